The van der Waals surface area contributed by atoms with E-state index in [-0.39, 0.29) is 46.1 Å². The Morgan fingerprint density at radius 2 is 0.975 bits per heavy atom. The third-order valence-electron chi connectivity index (χ3n) is 8.72. The molecule has 0 unspecified atom stereocenters. The van der Waals surface area contributed by atoms with E-state index in [1.807, 2.05) is 0 Å². The molecular formula is C39H38Hf. The summed E-state index contributed by atoms with van der Waals surface area (Å²) in [5.41, 5.74) is 11.0. The predicted octanol–water partition coefficient (Wildman–Crippen LogP) is 11.1. The van der Waals surface area contributed by atoms with Gasteiger partial charge in [-0.05, 0) is 43.2 Å². The third-order valence-corrected chi connectivity index (χ3v) is 8.72. The minimum absolute atomic E-state index is 0. The fraction of sp³-hybridized carbons (Fsp3) is 0.179. The number of hydrogen-bond donors (Lipinski definition) is 0. The Morgan fingerprint density at radius 3 is 1.40 bits per heavy atom. The normalized spacial score (nSPS) is 13.9. The molecule has 0 aliphatic heterocycles. The molecule has 1 aliphatic rings. The molecule has 0 saturated heterocycles. The first-order chi connectivity index (χ1) is 18.1. The van der Waals surface area contributed by atoms with Crippen molar-refractivity contribution in [1.82, 2.24) is 0 Å². The minimum atomic E-state index is 0. The van der Waals surface area contributed by atoms with E-state index >= 15 is 0 Å². The molecule has 0 spiro atoms. The summed E-state index contributed by atoms with van der Waals surface area (Å²) < 4.78 is 0. The zero-order valence-corrected chi connectivity index (χ0v) is 27.8. The third kappa shape index (κ3) is 4.99. The minimum Gasteiger partial charge on any atom is -0.358 e. The SMILES string of the molecule is Cc1cccc(-c2cccc3[cH-]c(C4(c5cc6c(-c7cccc(C)c7)cccc6[cH-]5)CCCC4)cc23)c1.[CH3-].[CH3-].[Hf+4]. The predicted molar refractivity (Wildman–Crippen MR) is 172 cm³/mol. The van der Waals surface area contributed by atoms with Crippen molar-refractivity contribution >= 4 is 21.5 Å². The molecule has 6 aromatic rings. The van der Waals surface area contributed by atoms with Gasteiger partial charge in [-0.15, -0.1) is 69.1 Å². The average Bonchev–Trinajstić information content (AvgIpc) is 3.66. The van der Waals surface area contributed by atoms with Crippen LogP contribution in [-0.4, -0.2) is 0 Å². The van der Waals surface area contributed by atoms with Gasteiger partial charge < -0.3 is 14.9 Å². The molecule has 1 saturated carbocycles. The van der Waals surface area contributed by atoms with Crippen molar-refractivity contribution in [2.75, 3.05) is 0 Å². The van der Waals surface area contributed by atoms with E-state index in [4.69, 9.17) is 0 Å². The Hall–Kier alpha value is -3.03. The number of rotatable bonds is 4. The molecular weight excluding hydrogens is 647 g/mol. The van der Waals surface area contributed by atoms with Crippen LogP contribution in [0.5, 0.6) is 0 Å². The van der Waals surface area contributed by atoms with Crippen molar-refractivity contribution in [3.8, 4) is 22.3 Å². The molecule has 1 heteroatoms. The Bertz CT molecular complexity index is 1630. The first-order valence-electron chi connectivity index (χ1n) is 13.6. The molecule has 7 rings (SSSR count). The molecule has 6 aromatic carbocycles. The second-order valence-electron chi connectivity index (χ2n) is 11.1. The Morgan fingerprint density at radius 1 is 0.550 bits per heavy atom. The van der Waals surface area contributed by atoms with Gasteiger partial charge in [0.15, 0.2) is 0 Å². The van der Waals surface area contributed by atoms with Crippen LogP contribution >= 0.6 is 0 Å². The van der Waals surface area contributed by atoms with Crippen LogP contribution in [0.1, 0.15) is 47.9 Å². The summed E-state index contributed by atoms with van der Waals surface area (Å²) in [5.74, 6) is 0. The smallest absolute Gasteiger partial charge is 0.358 e. The molecule has 0 bridgehead atoms. The molecule has 0 atom stereocenters. The summed E-state index contributed by atoms with van der Waals surface area (Å²) in [4.78, 5) is 0. The van der Waals surface area contributed by atoms with Crippen molar-refractivity contribution in [2.45, 2.75) is 44.9 Å². The van der Waals surface area contributed by atoms with Gasteiger partial charge >= 0.3 is 25.8 Å². The van der Waals surface area contributed by atoms with Gasteiger partial charge in [0.1, 0.15) is 0 Å². The van der Waals surface area contributed by atoms with E-state index in [2.05, 4.69) is 123 Å². The molecule has 0 amide bonds. The summed E-state index contributed by atoms with van der Waals surface area (Å²) in [6, 6.07) is 41.4. The second kappa shape index (κ2) is 11.8. The van der Waals surface area contributed by atoms with E-state index in [1.54, 1.807) is 0 Å². The van der Waals surface area contributed by atoms with Crippen molar-refractivity contribution in [3.05, 3.63) is 146 Å². The van der Waals surface area contributed by atoms with Crippen LogP contribution in [0.2, 0.25) is 0 Å². The van der Waals surface area contributed by atoms with Crippen LogP contribution < -0.4 is 0 Å². The van der Waals surface area contributed by atoms with Crippen LogP contribution in [0.15, 0.2) is 109 Å². The van der Waals surface area contributed by atoms with Crippen molar-refractivity contribution in [3.63, 3.8) is 0 Å². The zero-order valence-electron chi connectivity index (χ0n) is 24.2. The topological polar surface area (TPSA) is 0 Å². The fourth-order valence-electron chi connectivity index (χ4n) is 6.87. The molecule has 198 valence electrons. The summed E-state index contributed by atoms with van der Waals surface area (Å²) >= 11 is 0. The number of benzene rings is 4. The average molecular weight is 685 g/mol. The summed E-state index contributed by atoms with van der Waals surface area (Å²) in [7, 11) is 0. The monoisotopic (exact) mass is 686 g/mol. The van der Waals surface area contributed by atoms with Crippen LogP contribution in [0.3, 0.4) is 0 Å². The maximum absolute atomic E-state index is 2.51. The molecule has 40 heavy (non-hydrogen) atoms. The number of aryl methyl sites for hydroxylation is 2. The first-order valence-corrected chi connectivity index (χ1v) is 13.6. The number of hydrogen-bond acceptors (Lipinski definition) is 0. The van der Waals surface area contributed by atoms with Gasteiger partial charge in [0, 0.05) is 0 Å². The van der Waals surface area contributed by atoms with Gasteiger partial charge in [-0.3, -0.25) is 0 Å². The van der Waals surface area contributed by atoms with Gasteiger partial charge in [0.05, 0.1) is 0 Å². The molecule has 0 heterocycles. The van der Waals surface area contributed by atoms with E-state index in [0.29, 0.717) is 0 Å². The van der Waals surface area contributed by atoms with E-state index < -0.39 is 0 Å². The van der Waals surface area contributed by atoms with Crippen LogP contribution in [0, 0.1) is 28.7 Å². The molecule has 0 N–H and O–H groups in total. The Balaban J connectivity index is 0.00000123. The van der Waals surface area contributed by atoms with Crippen LogP contribution in [-0.2, 0) is 31.3 Å². The quantitative estimate of drug-likeness (QED) is 0.128. The summed E-state index contributed by atoms with van der Waals surface area (Å²) in [5, 5.41) is 5.48. The van der Waals surface area contributed by atoms with Crippen molar-refractivity contribution < 1.29 is 25.8 Å². The second-order valence-corrected chi connectivity index (χ2v) is 11.1. The maximum Gasteiger partial charge on any atom is 4.00 e. The largest absolute Gasteiger partial charge is 4.00 e. The number of fused-ring (bicyclic) bond motifs is 2. The molecule has 0 radical (unpaired) electrons. The standard InChI is InChI=1S/C37H32.2CH3.Hf/c1-25-9-5-11-27(19-25)33-15-7-13-29-21-31(23-35(29)33)37(17-3-4-18-37)32-22-30-14-8-16-34(36(30)24-32)28-12-6-10-26(2)20-28;;;/h5-16,19-24H,3-4,17-18H2,1-2H3;2*1H3;/q-2;2*-1;+4. The molecule has 0 aromatic heterocycles. The molecule has 1 aliphatic carbocycles. The van der Waals surface area contributed by atoms with E-state index in [0.717, 1.165) is 0 Å². The van der Waals surface area contributed by atoms with Crippen LogP contribution in [0.25, 0.3) is 43.8 Å². The first kappa shape index (κ1) is 29.9. The van der Waals surface area contributed by atoms with Crippen molar-refractivity contribution in [1.29, 1.82) is 0 Å². The van der Waals surface area contributed by atoms with Crippen LogP contribution in [0.4, 0.5) is 0 Å². The zero-order chi connectivity index (χ0) is 25.0. The van der Waals surface area contributed by atoms with Gasteiger partial charge in [-0.2, -0.15) is 12.1 Å². The van der Waals surface area contributed by atoms with Crippen molar-refractivity contribution in [2.24, 2.45) is 0 Å². The maximum atomic E-state index is 2.51. The summed E-state index contributed by atoms with van der Waals surface area (Å²) in [6.45, 7) is 4.36. The molecule has 0 nitrogen and oxygen atoms in total. The van der Waals surface area contributed by atoms with E-state index in [9.17, 15) is 0 Å². The van der Waals surface area contributed by atoms with Gasteiger partial charge in [-0.25, -0.2) is 0 Å². The fourth-order valence-corrected chi connectivity index (χ4v) is 6.87. The Kier molecular flexibility index (Phi) is 8.86. The van der Waals surface area contributed by atoms with Gasteiger partial charge in [-0.1, -0.05) is 95.8 Å². The molecule has 1 fully saturated rings. The van der Waals surface area contributed by atoms with Gasteiger partial charge in [0.2, 0.25) is 0 Å². The van der Waals surface area contributed by atoms with Gasteiger partial charge in [0.25, 0.3) is 0 Å². The Labute approximate surface area is 259 Å². The van der Waals surface area contributed by atoms with E-state index in [1.165, 1.54) is 91.7 Å². The summed E-state index contributed by atoms with van der Waals surface area (Å²) in [6.07, 6.45) is 5.02.